The second-order valence-electron chi connectivity index (χ2n) is 4.33. The SMILES string of the molecule is CCN(CC(=O)N(C)CCC(N)=S)C1CC1. The maximum atomic E-state index is 11.9. The van der Waals surface area contributed by atoms with Gasteiger partial charge in [0.15, 0.2) is 0 Å². The van der Waals surface area contributed by atoms with E-state index in [-0.39, 0.29) is 5.91 Å². The molecule has 1 rings (SSSR count). The molecule has 0 atom stereocenters. The Balaban J connectivity index is 2.29. The monoisotopic (exact) mass is 243 g/mol. The van der Waals surface area contributed by atoms with Gasteiger partial charge in [0, 0.05) is 26.1 Å². The van der Waals surface area contributed by atoms with Crippen molar-refractivity contribution in [3.05, 3.63) is 0 Å². The Bertz CT molecular complexity index is 266. The molecular weight excluding hydrogens is 222 g/mol. The average Bonchev–Trinajstić information content (AvgIpc) is 3.05. The number of thiocarbonyl (C=S) groups is 1. The van der Waals surface area contributed by atoms with Crippen molar-refractivity contribution in [3.8, 4) is 0 Å². The van der Waals surface area contributed by atoms with Gasteiger partial charge in [-0.2, -0.15) is 0 Å². The van der Waals surface area contributed by atoms with Gasteiger partial charge in [-0.1, -0.05) is 19.1 Å². The average molecular weight is 243 g/mol. The smallest absolute Gasteiger partial charge is 0.236 e. The summed E-state index contributed by atoms with van der Waals surface area (Å²) in [6, 6.07) is 0.637. The minimum absolute atomic E-state index is 0.157. The molecule has 5 heteroatoms. The van der Waals surface area contributed by atoms with Crippen LogP contribution >= 0.6 is 12.2 Å². The second kappa shape index (κ2) is 6.15. The molecular formula is C11H21N3OS. The lowest BCUT2D eigenvalue weighted by molar-refractivity contribution is -0.131. The third kappa shape index (κ3) is 4.45. The number of hydrogen-bond donors (Lipinski definition) is 1. The van der Waals surface area contributed by atoms with Crippen LogP contribution in [0.5, 0.6) is 0 Å². The number of likely N-dealkylation sites (N-methyl/N-ethyl adjacent to an activating group) is 2. The summed E-state index contributed by atoms with van der Waals surface area (Å²) < 4.78 is 0. The van der Waals surface area contributed by atoms with E-state index in [1.54, 1.807) is 11.9 Å². The fourth-order valence-electron chi connectivity index (χ4n) is 1.64. The van der Waals surface area contributed by atoms with Crippen LogP contribution in [0.1, 0.15) is 26.2 Å². The fourth-order valence-corrected chi connectivity index (χ4v) is 1.73. The molecule has 16 heavy (non-hydrogen) atoms. The number of carbonyl (C=O) groups excluding carboxylic acids is 1. The first kappa shape index (κ1) is 13.4. The molecule has 92 valence electrons. The van der Waals surface area contributed by atoms with Crippen LogP contribution in [0, 0.1) is 0 Å². The molecule has 1 aliphatic carbocycles. The van der Waals surface area contributed by atoms with E-state index in [1.165, 1.54) is 12.8 Å². The Kier molecular flexibility index (Phi) is 5.15. The van der Waals surface area contributed by atoms with Gasteiger partial charge in [-0.15, -0.1) is 0 Å². The van der Waals surface area contributed by atoms with E-state index in [2.05, 4.69) is 11.8 Å². The molecule has 1 saturated carbocycles. The molecule has 0 heterocycles. The molecule has 1 amide bonds. The van der Waals surface area contributed by atoms with Gasteiger partial charge < -0.3 is 10.6 Å². The summed E-state index contributed by atoms with van der Waals surface area (Å²) in [4.78, 5) is 16.3. The lowest BCUT2D eigenvalue weighted by atomic mass is 10.3. The summed E-state index contributed by atoms with van der Waals surface area (Å²) in [5, 5.41) is 0. The lowest BCUT2D eigenvalue weighted by Gasteiger charge is -2.23. The summed E-state index contributed by atoms with van der Waals surface area (Å²) >= 11 is 4.79. The predicted octanol–water partition coefficient (Wildman–Crippen LogP) is 0.605. The fraction of sp³-hybridized carbons (Fsp3) is 0.818. The summed E-state index contributed by atoms with van der Waals surface area (Å²) in [5.74, 6) is 0.157. The van der Waals surface area contributed by atoms with E-state index in [1.807, 2.05) is 0 Å². The number of hydrogen-bond acceptors (Lipinski definition) is 3. The first-order valence-electron chi connectivity index (χ1n) is 5.81. The molecule has 0 aliphatic heterocycles. The quantitative estimate of drug-likeness (QED) is 0.666. The highest BCUT2D eigenvalue weighted by molar-refractivity contribution is 7.80. The van der Waals surface area contributed by atoms with Gasteiger partial charge in [-0.3, -0.25) is 9.69 Å². The van der Waals surface area contributed by atoms with Crippen molar-refractivity contribution >= 4 is 23.1 Å². The number of amides is 1. The van der Waals surface area contributed by atoms with Gasteiger partial charge >= 0.3 is 0 Å². The highest BCUT2D eigenvalue weighted by Crippen LogP contribution is 2.26. The highest BCUT2D eigenvalue weighted by Gasteiger charge is 2.29. The standard InChI is InChI=1S/C11H21N3OS/c1-3-14(9-4-5-9)8-11(15)13(2)7-6-10(12)16/h9H,3-8H2,1-2H3,(H2,12,16). The van der Waals surface area contributed by atoms with E-state index < -0.39 is 0 Å². The second-order valence-corrected chi connectivity index (χ2v) is 4.85. The lowest BCUT2D eigenvalue weighted by Crippen LogP contribution is -2.40. The maximum Gasteiger partial charge on any atom is 0.236 e. The van der Waals surface area contributed by atoms with E-state index in [9.17, 15) is 4.79 Å². The van der Waals surface area contributed by atoms with Crippen molar-refractivity contribution in [2.45, 2.75) is 32.2 Å². The minimum Gasteiger partial charge on any atom is -0.393 e. The maximum absolute atomic E-state index is 11.9. The van der Waals surface area contributed by atoms with E-state index in [0.717, 1.165) is 6.54 Å². The zero-order valence-corrected chi connectivity index (χ0v) is 10.9. The van der Waals surface area contributed by atoms with E-state index >= 15 is 0 Å². The number of carbonyl (C=O) groups is 1. The Morgan fingerprint density at radius 1 is 1.50 bits per heavy atom. The van der Waals surface area contributed by atoms with Crippen molar-refractivity contribution in [2.24, 2.45) is 5.73 Å². The molecule has 0 unspecified atom stereocenters. The largest absolute Gasteiger partial charge is 0.393 e. The molecule has 1 aliphatic rings. The first-order chi connectivity index (χ1) is 7.54. The van der Waals surface area contributed by atoms with E-state index in [0.29, 0.717) is 30.5 Å². The van der Waals surface area contributed by atoms with Gasteiger partial charge in [0.25, 0.3) is 0 Å². The van der Waals surface area contributed by atoms with Gasteiger partial charge in [0.1, 0.15) is 0 Å². The van der Waals surface area contributed by atoms with Crippen LogP contribution in [-0.2, 0) is 4.79 Å². The van der Waals surface area contributed by atoms with Crippen LogP contribution in [0.25, 0.3) is 0 Å². The Morgan fingerprint density at radius 3 is 2.56 bits per heavy atom. The Morgan fingerprint density at radius 2 is 2.12 bits per heavy atom. The van der Waals surface area contributed by atoms with Crippen LogP contribution in [-0.4, -0.2) is 53.4 Å². The Labute approximate surface area is 103 Å². The van der Waals surface area contributed by atoms with Crippen molar-refractivity contribution in [2.75, 3.05) is 26.7 Å². The Hall–Kier alpha value is -0.680. The third-order valence-corrected chi connectivity index (χ3v) is 3.13. The van der Waals surface area contributed by atoms with Crippen molar-refractivity contribution in [3.63, 3.8) is 0 Å². The van der Waals surface area contributed by atoms with Gasteiger partial charge in [0.05, 0.1) is 11.5 Å². The summed E-state index contributed by atoms with van der Waals surface area (Å²) in [6.07, 6.45) is 3.07. The molecule has 0 aromatic rings. The topological polar surface area (TPSA) is 49.6 Å². The predicted molar refractivity (Wildman–Crippen MR) is 69.3 cm³/mol. The van der Waals surface area contributed by atoms with Crippen molar-refractivity contribution in [1.29, 1.82) is 0 Å². The van der Waals surface area contributed by atoms with Crippen molar-refractivity contribution < 1.29 is 4.79 Å². The van der Waals surface area contributed by atoms with Gasteiger partial charge in [-0.25, -0.2) is 0 Å². The van der Waals surface area contributed by atoms with Gasteiger partial charge in [-0.05, 0) is 19.4 Å². The zero-order valence-electron chi connectivity index (χ0n) is 10.1. The summed E-state index contributed by atoms with van der Waals surface area (Å²) in [6.45, 7) is 4.19. The molecule has 0 radical (unpaired) electrons. The zero-order chi connectivity index (χ0) is 12.1. The van der Waals surface area contributed by atoms with Crippen LogP contribution in [0.2, 0.25) is 0 Å². The highest BCUT2D eigenvalue weighted by atomic mass is 32.1. The van der Waals surface area contributed by atoms with Crippen LogP contribution in [0.4, 0.5) is 0 Å². The van der Waals surface area contributed by atoms with Gasteiger partial charge in [0.2, 0.25) is 5.91 Å². The molecule has 1 fully saturated rings. The number of nitrogens with zero attached hydrogens (tertiary/aromatic N) is 2. The first-order valence-corrected chi connectivity index (χ1v) is 6.21. The van der Waals surface area contributed by atoms with Crippen LogP contribution in [0.3, 0.4) is 0 Å². The number of rotatable bonds is 7. The molecule has 0 aromatic heterocycles. The summed E-state index contributed by atoms with van der Waals surface area (Å²) in [5.41, 5.74) is 5.41. The van der Waals surface area contributed by atoms with Crippen LogP contribution in [0.15, 0.2) is 0 Å². The third-order valence-electron chi connectivity index (χ3n) is 2.93. The molecule has 0 saturated heterocycles. The molecule has 0 bridgehead atoms. The van der Waals surface area contributed by atoms with Crippen LogP contribution < -0.4 is 5.73 Å². The normalized spacial score (nSPS) is 15.2. The minimum atomic E-state index is 0.157. The molecule has 4 nitrogen and oxygen atoms in total. The molecule has 0 aromatic carbocycles. The van der Waals surface area contributed by atoms with Crippen molar-refractivity contribution in [1.82, 2.24) is 9.80 Å². The summed E-state index contributed by atoms with van der Waals surface area (Å²) in [7, 11) is 1.81. The molecule has 0 spiro atoms. The molecule has 2 N–H and O–H groups in total. The van der Waals surface area contributed by atoms with E-state index in [4.69, 9.17) is 18.0 Å². The number of nitrogens with two attached hydrogens (primary N) is 1.